The van der Waals surface area contributed by atoms with Crippen LogP contribution in [0.3, 0.4) is 0 Å². The molecule has 0 radical (unpaired) electrons. The number of hydrogen-bond donors (Lipinski definition) is 2. The third-order valence-corrected chi connectivity index (χ3v) is 5.55. The van der Waals surface area contributed by atoms with Crippen LogP contribution in [0.2, 0.25) is 0 Å². The molecule has 160 valence electrons. The zero-order valence-corrected chi connectivity index (χ0v) is 16.9. The fraction of sp³-hybridized carbons (Fsp3) is 0.300. The van der Waals surface area contributed by atoms with Crippen molar-refractivity contribution in [2.24, 2.45) is 0 Å². The molecular formula is C20H17F3N6OS. The van der Waals surface area contributed by atoms with Crippen LogP contribution in [0.4, 0.5) is 24.7 Å². The van der Waals surface area contributed by atoms with Gasteiger partial charge in [0.05, 0.1) is 12.6 Å². The highest BCUT2D eigenvalue weighted by Gasteiger charge is 2.35. The van der Waals surface area contributed by atoms with Crippen LogP contribution in [0.1, 0.15) is 30.9 Å². The molecular weight excluding hydrogens is 429 g/mol. The molecule has 2 N–H and O–H groups in total. The number of ketones is 1. The summed E-state index contributed by atoms with van der Waals surface area (Å²) < 4.78 is 43.8. The second-order valence-electron chi connectivity index (χ2n) is 7.64. The SMILES string of the molecule is O=C1C[C@H](c2cc(F)ccc2F)N(c2ccn3nc(F)c(NC(=S)NC4CC4)c3n2)C1. The number of anilines is 2. The molecule has 2 aromatic heterocycles. The largest absolute Gasteiger partial charge is 0.360 e. The van der Waals surface area contributed by atoms with Gasteiger partial charge < -0.3 is 15.5 Å². The number of benzene rings is 1. The maximum atomic E-state index is 14.4. The first kappa shape index (κ1) is 19.7. The second-order valence-corrected chi connectivity index (χ2v) is 8.05. The molecule has 0 bridgehead atoms. The number of halogens is 3. The normalized spacial score (nSPS) is 18.6. The van der Waals surface area contributed by atoms with Crippen LogP contribution >= 0.6 is 12.2 Å². The molecule has 1 aromatic carbocycles. The Morgan fingerprint density at radius 3 is 2.77 bits per heavy atom. The van der Waals surface area contributed by atoms with Crippen LogP contribution in [0.15, 0.2) is 30.5 Å². The first-order valence-electron chi connectivity index (χ1n) is 9.75. The van der Waals surface area contributed by atoms with Crippen LogP contribution in [0.5, 0.6) is 0 Å². The molecule has 1 saturated heterocycles. The van der Waals surface area contributed by atoms with Gasteiger partial charge in [-0.1, -0.05) is 0 Å². The van der Waals surface area contributed by atoms with Crippen LogP contribution in [0.25, 0.3) is 5.65 Å². The van der Waals surface area contributed by atoms with Crippen LogP contribution in [-0.4, -0.2) is 38.1 Å². The van der Waals surface area contributed by atoms with Crippen molar-refractivity contribution in [2.75, 3.05) is 16.8 Å². The van der Waals surface area contributed by atoms with E-state index < -0.39 is 23.6 Å². The van der Waals surface area contributed by atoms with Crippen LogP contribution in [-0.2, 0) is 4.79 Å². The summed E-state index contributed by atoms with van der Waals surface area (Å²) in [6.45, 7) is -0.0230. The summed E-state index contributed by atoms with van der Waals surface area (Å²) in [5.41, 5.74) is 0.229. The summed E-state index contributed by atoms with van der Waals surface area (Å²) in [6, 6.07) is 4.25. The van der Waals surface area contributed by atoms with Crippen molar-refractivity contribution >= 4 is 40.3 Å². The number of carbonyl (C=O) groups excluding carboxylic acids is 1. The molecule has 1 aliphatic carbocycles. The number of hydrogen-bond acceptors (Lipinski definition) is 5. The van der Waals surface area contributed by atoms with Crippen molar-refractivity contribution in [1.82, 2.24) is 19.9 Å². The molecule has 1 atom stereocenters. The summed E-state index contributed by atoms with van der Waals surface area (Å²) in [5.74, 6) is -1.81. The molecule has 11 heteroatoms. The number of nitrogens with one attached hydrogen (secondary N) is 2. The number of aromatic nitrogens is 3. The van der Waals surface area contributed by atoms with E-state index in [4.69, 9.17) is 12.2 Å². The maximum absolute atomic E-state index is 14.4. The predicted octanol–water partition coefficient (Wildman–Crippen LogP) is 3.12. The summed E-state index contributed by atoms with van der Waals surface area (Å²) in [6.07, 6.45) is 3.51. The van der Waals surface area contributed by atoms with Crippen molar-refractivity contribution in [3.05, 3.63) is 53.6 Å². The molecule has 3 aromatic rings. The Bertz CT molecular complexity index is 1210. The Hall–Kier alpha value is -3.21. The molecule has 7 nitrogen and oxygen atoms in total. The van der Waals surface area contributed by atoms with E-state index in [9.17, 15) is 18.0 Å². The van der Waals surface area contributed by atoms with Gasteiger partial charge in [0.25, 0.3) is 5.95 Å². The number of thiocarbonyl (C=S) groups is 1. The summed E-state index contributed by atoms with van der Waals surface area (Å²) in [7, 11) is 0. The lowest BCUT2D eigenvalue weighted by atomic mass is 10.0. The van der Waals surface area contributed by atoms with E-state index in [0.717, 1.165) is 31.0 Å². The Kier molecular flexibility index (Phi) is 4.77. The van der Waals surface area contributed by atoms with Crippen LogP contribution < -0.4 is 15.5 Å². The van der Waals surface area contributed by atoms with Gasteiger partial charge in [0.1, 0.15) is 23.1 Å². The molecule has 2 fully saturated rings. The van der Waals surface area contributed by atoms with E-state index in [2.05, 4.69) is 20.7 Å². The average molecular weight is 446 g/mol. The third kappa shape index (κ3) is 3.80. The summed E-state index contributed by atoms with van der Waals surface area (Å²) in [5, 5.41) is 9.90. The summed E-state index contributed by atoms with van der Waals surface area (Å²) in [4.78, 5) is 18.2. The first-order valence-corrected chi connectivity index (χ1v) is 10.2. The van der Waals surface area contributed by atoms with Gasteiger partial charge in [-0.25, -0.2) is 18.3 Å². The zero-order chi connectivity index (χ0) is 21.7. The lowest BCUT2D eigenvalue weighted by Crippen LogP contribution is -2.30. The van der Waals surface area contributed by atoms with Gasteiger partial charge in [0.2, 0.25) is 0 Å². The minimum absolute atomic E-state index is 0.000917. The van der Waals surface area contributed by atoms with Gasteiger partial charge in [-0.2, -0.15) is 4.39 Å². The van der Waals surface area contributed by atoms with E-state index in [1.54, 1.807) is 11.0 Å². The van der Waals surface area contributed by atoms with Gasteiger partial charge in [0.15, 0.2) is 16.5 Å². The van der Waals surface area contributed by atoms with Crippen molar-refractivity contribution in [1.29, 1.82) is 0 Å². The molecule has 0 spiro atoms. The Morgan fingerprint density at radius 1 is 1.19 bits per heavy atom. The number of carbonyl (C=O) groups is 1. The lowest BCUT2D eigenvalue weighted by Gasteiger charge is -2.25. The number of fused-ring (bicyclic) bond motifs is 1. The fourth-order valence-corrected chi connectivity index (χ4v) is 3.97. The van der Waals surface area contributed by atoms with Gasteiger partial charge in [-0.05, 0) is 49.3 Å². The molecule has 3 heterocycles. The molecule has 2 aliphatic rings. The molecule has 1 saturated carbocycles. The van der Waals surface area contributed by atoms with Gasteiger partial charge >= 0.3 is 0 Å². The topological polar surface area (TPSA) is 74.6 Å². The monoisotopic (exact) mass is 446 g/mol. The number of nitrogens with zero attached hydrogens (tertiary/aromatic N) is 4. The first-order chi connectivity index (χ1) is 14.9. The maximum Gasteiger partial charge on any atom is 0.258 e. The number of rotatable bonds is 4. The Labute approximate surface area is 180 Å². The van der Waals surface area contributed by atoms with Gasteiger partial charge in [-0.15, -0.1) is 5.10 Å². The summed E-state index contributed by atoms with van der Waals surface area (Å²) >= 11 is 5.22. The minimum Gasteiger partial charge on any atom is -0.360 e. The van der Waals surface area contributed by atoms with Crippen LogP contribution in [0, 0.1) is 17.6 Å². The number of Topliss-reactive ketones (excluding diaryl/α,β-unsaturated/α-hetero) is 1. The second kappa shape index (κ2) is 7.49. The van der Waals surface area contributed by atoms with Crippen molar-refractivity contribution in [2.45, 2.75) is 31.3 Å². The van der Waals surface area contributed by atoms with Crippen molar-refractivity contribution in [3.63, 3.8) is 0 Å². The van der Waals surface area contributed by atoms with Crippen molar-refractivity contribution < 1.29 is 18.0 Å². The van der Waals surface area contributed by atoms with E-state index >= 15 is 0 Å². The fourth-order valence-electron chi connectivity index (χ4n) is 3.70. The average Bonchev–Trinajstić information content (AvgIpc) is 3.38. The van der Waals surface area contributed by atoms with E-state index in [0.29, 0.717) is 5.82 Å². The molecule has 5 rings (SSSR count). The highest BCUT2D eigenvalue weighted by atomic mass is 32.1. The van der Waals surface area contributed by atoms with E-state index in [1.165, 1.54) is 10.7 Å². The molecule has 0 amide bonds. The van der Waals surface area contributed by atoms with E-state index in [-0.39, 0.29) is 46.8 Å². The van der Waals surface area contributed by atoms with Gasteiger partial charge in [-0.3, -0.25) is 4.79 Å². The predicted molar refractivity (Wildman–Crippen MR) is 111 cm³/mol. The smallest absolute Gasteiger partial charge is 0.258 e. The zero-order valence-electron chi connectivity index (χ0n) is 16.1. The van der Waals surface area contributed by atoms with Gasteiger partial charge in [0, 0.05) is 24.2 Å². The Balaban J connectivity index is 1.51. The highest BCUT2D eigenvalue weighted by Crippen LogP contribution is 2.36. The Morgan fingerprint density at radius 2 is 2.00 bits per heavy atom. The molecule has 0 unspecified atom stereocenters. The quantitative estimate of drug-likeness (QED) is 0.597. The standard InChI is InChI=1S/C20H17F3N6OS/c21-10-1-4-14(22)13(7-10)15-8-12(30)9-28(15)16-5-6-29-19(25-16)17(18(23)27-29)26-20(31)24-11-2-3-11/h1,4-7,11,15H,2-3,8-9H2,(H2,24,26,31)/t15-/m1/s1. The molecule has 31 heavy (non-hydrogen) atoms. The van der Waals surface area contributed by atoms with Crippen molar-refractivity contribution in [3.8, 4) is 0 Å². The highest BCUT2D eigenvalue weighted by molar-refractivity contribution is 7.80. The third-order valence-electron chi connectivity index (χ3n) is 5.33. The molecule has 1 aliphatic heterocycles. The van der Waals surface area contributed by atoms with E-state index in [1.807, 2.05) is 0 Å². The minimum atomic E-state index is -0.783. The lowest BCUT2D eigenvalue weighted by molar-refractivity contribution is -0.116.